The maximum absolute atomic E-state index is 12.8. The van der Waals surface area contributed by atoms with Gasteiger partial charge in [0.15, 0.2) is 0 Å². The second-order valence-corrected chi connectivity index (χ2v) is 6.54. The standard InChI is InChI=1S/C17H25N3O3/c1-3-14-15(12(2)23-18-14)17(22)20-10-7-13(11-20)16(21)19-8-5-4-6-9-19/h13H,3-11H2,1-2H3/t13-/m0/s1. The predicted molar refractivity (Wildman–Crippen MR) is 85.1 cm³/mol. The summed E-state index contributed by atoms with van der Waals surface area (Å²) in [5, 5.41) is 3.96. The molecule has 126 valence electrons. The summed E-state index contributed by atoms with van der Waals surface area (Å²) in [5.41, 5.74) is 1.29. The van der Waals surface area contributed by atoms with Crippen LogP contribution in [0.15, 0.2) is 4.52 Å². The molecule has 6 heteroatoms. The molecule has 6 nitrogen and oxygen atoms in total. The van der Waals surface area contributed by atoms with Gasteiger partial charge in [0.25, 0.3) is 5.91 Å². The SMILES string of the molecule is CCc1noc(C)c1C(=O)N1CC[C@H](C(=O)N2CCCCC2)C1. The van der Waals surface area contributed by atoms with E-state index in [0.29, 0.717) is 36.5 Å². The Morgan fingerprint density at radius 1 is 1.17 bits per heavy atom. The van der Waals surface area contributed by atoms with E-state index in [0.717, 1.165) is 32.4 Å². The molecule has 2 aliphatic heterocycles. The molecular formula is C17H25N3O3. The zero-order valence-electron chi connectivity index (χ0n) is 14.0. The lowest BCUT2D eigenvalue weighted by Crippen LogP contribution is -2.41. The number of carbonyl (C=O) groups is 2. The van der Waals surface area contributed by atoms with Crippen LogP contribution in [0.5, 0.6) is 0 Å². The molecule has 2 fully saturated rings. The third kappa shape index (κ3) is 3.12. The number of carbonyl (C=O) groups excluding carboxylic acids is 2. The van der Waals surface area contributed by atoms with Crippen molar-refractivity contribution in [3.05, 3.63) is 17.0 Å². The van der Waals surface area contributed by atoms with Crippen molar-refractivity contribution in [2.24, 2.45) is 5.92 Å². The highest BCUT2D eigenvalue weighted by Crippen LogP contribution is 2.24. The summed E-state index contributed by atoms with van der Waals surface area (Å²) in [6.07, 6.45) is 4.84. The van der Waals surface area contributed by atoms with Gasteiger partial charge in [-0.2, -0.15) is 0 Å². The van der Waals surface area contributed by atoms with Crippen molar-refractivity contribution >= 4 is 11.8 Å². The van der Waals surface area contributed by atoms with E-state index in [4.69, 9.17) is 4.52 Å². The molecule has 0 N–H and O–H groups in total. The number of likely N-dealkylation sites (tertiary alicyclic amines) is 2. The van der Waals surface area contributed by atoms with E-state index in [1.165, 1.54) is 6.42 Å². The molecule has 2 aliphatic rings. The smallest absolute Gasteiger partial charge is 0.259 e. The van der Waals surface area contributed by atoms with Crippen LogP contribution >= 0.6 is 0 Å². The molecule has 0 aromatic carbocycles. The third-order valence-electron chi connectivity index (χ3n) is 4.97. The van der Waals surface area contributed by atoms with Crippen molar-refractivity contribution < 1.29 is 14.1 Å². The normalized spacial score (nSPS) is 21.7. The second-order valence-electron chi connectivity index (χ2n) is 6.54. The molecule has 0 radical (unpaired) electrons. The fraction of sp³-hybridized carbons (Fsp3) is 0.706. The summed E-state index contributed by atoms with van der Waals surface area (Å²) in [6.45, 7) is 6.62. The average Bonchev–Trinajstić information content (AvgIpc) is 3.21. The van der Waals surface area contributed by atoms with E-state index in [9.17, 15) is 9.59 Å². The number of aryl methyl sites for hydroxylation is 2. The highest BCUT2D eigenvalue weighted by Gasteiger charge is 2.35. The van der Waals surface area contributed by atoms with Gasteiger partial charge in [0, 0.05) is 26.2 Å². The molecule has 3 heterocycles. The van der Waals surface area contributed by atoms with Crippen molar-refractivity contribution in [1.29, 1.82) is 0 Å². The van der Waals surface area contributed by atoms with E-state index < -0.39 is 0 Å². The fourth-order valence-corrected chi connectivity index (χ4v) is 3.61. The van der Waals surface area contributed by atoms with E-state index in [1.54, 1.807) is 11.8 Å². The number of nitrogens with zero attached hydrogens (tertiary/aromatic N) is 3. The monoisotopic (exact) mass is 319 g/mol. The number of hydrogen-bond donors (Lipinski definition) is 0. The van der Waals surface area contributed by atoms with E-state index >= 15 is 0 Å². The van der Waals surface area contributed by atoms with Crippen LogP contribution in [0.3, 0.4) is 0 Å². The Hall–Kier alpha value is -1.85. The summed E-state index contributed by atoms with van der Waals surface area (Å²) in [5.74, 6) is 0.687. The van der Waals surface area contributed by atoms with Gasteiger partial charge in [-0.05, 0) is 39.0 Å². The van der Waals surface area contributed by atoms with Gasteiger partial charge in [0.05, 0.1) is 11.6 Å². The van der Waals surface area contributed by atoms with Gasteiger partial charge in [-0.3, -0.25) is 9.59 Å². The van der Waals surface area contributed by atoms with Crippen LogP contribution in [-0.2, 0) is 11.2 Å². The van der Waals surface area contributed by atoms with Crippen LogP contribution < -0.4 is 0 Å². The Kier molecular flexibility index (Phi) is 4.68. The quantitative estimate of drug-likeness (QED) is 0.855. The lowest BCUT2D eigenvalue weighted by molar-refractivity contribution is -0.135. The highest BCUT2D eigenvalue weighted by molar-refractivity contribution is 5.96. The maximum atomic E-state index is 12.8. The summed E-state index contributed by atoms with van der Waals surface area (Å²) in [4.78, 5) is 29.1. The predicted octanol–water partition coefficient (Wildman–Crippen LogP) is 2.02. The molecule has 1 aromatic heterocycles. The first-order valence-electron chi connectivity index (χ1n) is 8.65. The molecule has 0 aliphatic carbocycles. The van der Waals surface area contributed by atoms with Crippen LogP contribution in [0.25, 0.3) is 0 Å². The van der Waals surface area contributed by atoms with Crippen molar-refractivity contribution in [2.75, 3.05) is 26.2 Å². The summed E-state index contributed by atoms with van der Waals surface area (Å²) >= 11 is 0. The number of piperidine rings is 1. The van der Waals surface area contributed by atoms with Crippen molar-refractivity contribution in [3.8, 4) is 0 Å². The number of aromatic nitrogens is 1. The van der Waals surface area contributed by atoms with Crippen LogP contribution in [-0.4, -0.2) is 52.9 Å². The van der Waals surface area contributed by atoms with Crippen LogP contribution in [0.1, 0.15) is 54.4 Å². The Labute approximate surface area is 136 Å². The molecule has 3 rings (SSSR count). The van der Waals surface area contributed by atoms with E-state index in [-0.39, 0.29) is 17.7 Å². The minimum absolute atomic E-state index is 0.0467. The topological polar surface area (TPSA) is 66.7 Å². The van der Waals surface area contributed by atoms with Crippen molar-refractivity contribution in [3.63, 3.8) is 0 Å². The fourth-order valence-electron chi connectivity index (χ4n) is 3.61. The summed E-state index contributed by atoms with van der Waals surface area (Å²) < 4.78 is 5.16. The van der Waals surface area contributed by atoms with Gasteiger partial charge in [-0.25, -0.2) is 0 Å². The number of rotatable bonds is 3. The lowest BCUT2D eigenvalue weighted by Gasteiger charge is -2.29. The number of amides is 2. The molecule has 0 unspecified atom stereocenters. The lowest BCUT2D eigenvalue weighted by atomic mass is 10.0. The molecule has 1 aromatic rings. The summed E-state index contributed by atoms with van der Waals surface area (Å²) in [6, 6.07) is 0. The minimum atomic E-state index is -0.0534. The molecule has 0 saturated carbocycles. The van der Waals surface area contributed by atoms with Crippen LogP contribution in [0.2, 0.25) is 0 Å². The molecular weight excluding hydrogens is 294 g/mol. The summed E-state index contributed by atoms with van der Waals surface area (Å²) in [7, 11) is 0. The molecule has 0 spiro atoms. The van der Waals surface area contributed by atoms with Gasteiger partial charge in [-0.1, -0.05) is 12.1 Å². The van der Waals surface area contributed by atoms with Gasteiger partial charge < -0.3 is 14.3 Å². The highest BCUT2D eigenvalue weighted by atomic mass is 16.5. The zero-order chi connectivity index (χ0) is 16.4. The van der Waals surface area contributed by atoms with Gasteiger partial charge in [0.1, 0.15) is 11.3 Å². The maximum Gasteiger partial charge on any atom is 0.259 e. The molecule has 1 atom stereocenters. The first-order valence-corrected chi connectivity index (χ1v) is 8.65. The third-order valence-corrected chi connectivity index (χ3v) is 4.97. The first-order chi connectivity index (χ1) is 11.1. The first kappa shape index (κ1) is 16.0. The molecule has 2 amide bonds. The molecule has 0 bridgehead atoms. The Bertz CT molecular complexity index is 590. The van der Waals surface area contributed by atoms with Crippen LogP contribution in [0, 0.1) is 12.8 Å². The van der Waals surface area contributed by atoms with Crippen molar-refractivity contribution in [1.82, 2.24) is 15.0 Å². The largest absolute Gasteiger partial charge is 0.361 e. The Morgan fingerprint density at radius 3 is 2.61 bits per heavy atom. The zero-order valence-corrected chi connectivity index (χ0v) is 14.0. The van der Waals surface area contributed by atoms with Gasteiger partial charge in [0.2, 0.25) is 5.91 Å². The second kappa shape index (κ2) is 6.72. The van der Waals surface area contributed by atoms with Crippen LogP contribution in [0.4, 0.5) is 0 Å². The van der Waals surface area contributed by atoms with E-state index in [2.05, 4.69) is 5.16 Å². The van der Waals surface area contributed by atoms with E-state index in [1.807, 2.05) is 11.8 Å². The molecule has 23 heavy (non-hydrogen) atoms. The van der Waals surface area contributed by atoms with Crippen molar-refractivity contribution in [2.45, 2.75) is 46.0 Å². The molecule has 2 saturated heterocycles. The Balaban J connectivity index is 1.66. The minimum Gasteiger partial charge on any atom is -0.361 e. The average molecular weight is 319 g/mol. The number of hydrogen-bond acceptors (Lipinski definition) is 4. The Morgan fingerprint density at radius 2 is 1.91 bits per heavy atom. The van der Waals surface area contributed by atoms with Gasteiger partial charge in [-0.15, -0.1) is 0 Å². The van der Waals surface area contributed by atoms with Gasteiger partial charge >= 0.3 is 0 Å².